The van der Waals surface area contributed by atoms with Crippen LogP contribution in [0.4, 0.5) is 0 Å². The third-order valence-electron chi connectivity index (χ3n) is 3.22. The number of hydrogen-bond donors (Lipinski definition) is 2. The van der Waals surface area contributed by atoms with Crippen molar-refractivity contribution in [3.8, 4) is 0 Å². The highest BCUT2D eigenvalue weighted by molar-refractivity contribution is 5.74. The van der Waals surface area contributed by atoms with E-state index < -0.39 is 0 Å². The Balaban J connectivity index is 1.99. The number of imidazole rings is 2. The molecule has 0 aromatic carbocycles. The van der Waals surface area contributed by atoms with Gasteiger partial charge in [0.1, 0.15) is 11.3 Å². The maximum Gasteiger partial charge on any atom is 0.127 e. The maximum atomic E-state index is 6.27. The molecule has 0 radical (unpaired) electrons. The summed E-state index contributed by atoms with van der Waals surface area (Å²) in [5.41, 5.74) is 9.25. The lowest BCUT2D eigenvalue weighted by atomic mass is 10.1. The monoisotopic (exact) mass is 256 g/mol. The Morgan fingerprint density at radius 2 is 2.26 bits per heavy atom. The van der Waals surface area contributed by atoms with Crippen LogP contribution in [0.1, 0.15) is 24.5 Å². The Bertz CT molecular complexity index is 670. The van der Waals surface area contributed by atoms with Gasteiger partial charge in [-0.05, 0) is 13.0 Å². The lowest BCUT2D eigenvalue weighted by Gasteiger charge is -2.12. The molecule has 0 spiro atoms. The minimum atomic E-state index is -0.159. The van der Waals surface area contributed by atoms with Crippen molar-refractivity contribution < 1.29 is 0 Å². The van der Waals surface area contributed by atoms with Gasteiger partial charge in [-0.25, -0.2) is 9.97 Å². The summed E-state index contributed by atoms with van der Waals surface area (Å²) in [6.45, 7) is 2.93. The van der Waals surface area contributed by atoms with Crippen LogP contribution in [-0.2, 0) is 13.0 Å². The van der Waals surface area contributed by atoms with Gasteiger partial charge in [0.2, 0.25) is 0 Å². The molecule has 3 aromatic heterocycles. The molecule has 6 heteroatoms. The molecule has 3 rings (SSSR count). The number of fused-ring (bicyclic) bond motifs is 1. The maximum absolute atomic E-state index is 6.27. The first-order valence-electron chi connectivity index (χ1n) is 6.32. The Labute approximate surface area is 110 Å². The number of H-pyrrole nitrogens is 1. The lowest BCUT2D eigenvalue weighted by molar-refractivity contribution is 0.604. The average molecular weight is 256 g/mol. The van der Waals surface area contributed by atoms with Gasteiger partial charge >= 0.3 is 0 Å². The summed E-state index contributed by atoms with van der Waals surface area (Å²) in [4.78, 5) is 15.8. The van der Waals surface area contributed by atoms with E-state index in [4.69, 9.17) is 5.73 Å². The quantitative estimate of drug-likeness (QED) is 0.739. The van der Waals surface area contributed by atoms with Crippen LogP contribution >= 0.6 is 0 Å². The molecule has 1 unspecified atom stereocenters. The Morgan fingerprint density at radius 3 is 3.00 bits per heavy atom. The van der Waals surface area contributed by atoms with Crippen LogP contribution in [0.2, 0.25) is 0 Å². The molecule has 98 valence electrons. The van der Waals surface area contributed by atoms with Gasteiger partial charge in [-0.2, -0.15) is 0 Å². The predicted octanol–water partition coefficient (Wildman–Crippen LogP) is 1.42. The van der Waals surface area contributed by atoms with E-state index in [2.05, 4.69) is 31.4 Å². The lowest BCUT2D eigenvalue weighted by Crippen LogP contribution is -2.19. The minimum absolute atomic E-state index is 0.159. The molecule has 0 saturated heterocycles. The zero-order chi connectivity index (χ0) is 13.2. The third kappa shape index (κ3) is 2.10. The number of nitrogens with two attached hydrogens (primary N) is 1. The van der Waals surface area contributed by atoms with Gasteiger partial charge in [-0.1, -0.05) is 0 Å². The number of rotatable bonds is 4. The normalized spacial score (nSPS) is 12.9. The topological polar surface area (TPSA) is 85.4 Å². The van der Waals surface area contributed by atoms with E-state index in [1.165, 1.54) is 0 Å². The highest BCUT2D eigenvalue weighted by atomic mass is 15.1. The van der Waals surface area contributed by atoms with E-state index in [0.717, 1.165) is 29.1 Å². The molecule has 0 aliphatic heterocycles. The largest absolute Gasteiger partial charge is 0.348 e. The van der Waals surface area contributed by atoms with Crippen molar-refractivity contribution in [2.75, 3.05) is 0 Å². The van der Waals surface area contributed by atoms with E-state index in [1.54, 1.807) is 24.9 Å². The molecule has 0 saturated carbocycles. The van der Waals surface area contributed by atoms with Crippen molar-refractivity contribution in [1.29, 1.82) is 0 Å². The van der Waals surface area contributed by atoms with E-state index in [0.29, 0.717) is 6.42 Å². The SMILES string of the molecule is CCn1c(C(N)Cc2cnc[nH]2)nc2cnccc21. The zero-order valence-corrected chi connectivity index (χ0v) is 10.7. The van der Waals surface area contributed by atoms with Crippen molar-refractivity contribution in [2.24, 2.45) is 5.73 Å². The summed E-state index contributed by atoms with van der Waals surface area (Å²) in [5, 5.41) is 0. The summed E-state index contributed by atoms with van der Waals surface area (Å²) in [7, 11) is 0. The molecule has 0 aliphatic carbocycles. The zero-order valence-electron chi connectivity index (χ0n) is 10.7. The van der Waals surface area contributed by atoms with Gasteiger partial charge in [-0.3, -0.25) is 4.98 Å². The van der Waals surface area contributed by atoms with E-state index >= 15 is 0 Å². The average Bonchev–Trinajstić information content (AvgIpc) is 3.04. The standard InChI is InChI=1S/C13H16N6/c1-2-19-12-3-4-15-7-11(12)18-13(19)10(14)5-9-6-16-8-17-9/h3-4,6-8,10H,2,5,14H2,1H3,(H,16,17). The van der Waals surface area contributed by atoms with Crippen molar-refractivity contribution in [1.82, 2.24) is 24.5 Å². The molecule has 0 aliphatic rings. The van der Waals surface area contributed by atoms with Gasteiger partial charge in [0, 0.05) is 31.1 Å². The van der Waals surface area contributed by atoms with E-state index in [9.17, 15) is 0 Å². The molecular formula is C13H16N6. The Hall–Kier alpha value is -2.21. The number of nitrogens with zero attached hydrogens (tertiary/aromatic N) is 4. The second-order valence-electron chi connectivity index (χ2n) is 4.47. The van der Waals surface area contributed by atoms with E-state index in [1.807, 2.05) is 6.07 Å². The smallest absolute Gasteiger partial charge is 0.127 e. The van der Waals surface area contributed by atoms with E-state index in [-0.39, 0.29) is 6.04 Å². The first-order chi connectivity index (χ1) is 9.29. The fraction of sp³-hybridized carbons (Fsp3) is 0.308. The Morgan fingerprint density at radius 1 is 1.37 bits per heavy atom. The molecule has 0 amide bonds. The second-order valence-corrected chi connectivity index (χ2v) is 4.47. The third-order valence-corrected chi connectivity index (χ3v) is 3.22. The highest BCUT2D eigenvalue weighted by Gasteiger charge is 2.17. The number of aryl methyl sites for hydroxylation is 1. The van der Waals surface area contributed by atoms with Crippen LogP contribution in [0.15, 0.2) is 31.0 Å². The number of pyridine rings is 1. The van der Waals surface area contributed by atoms with Crippen molar-refractivity contribution in [3.63, 3.8) is 0 Å². The fourth-order valence-electron chi connectivity index (χ4n) is 2.34. The fourth-order valence-corrected chi connectivity index (χ4v) is 2.34. The number of aromatic amines is 1. The first kappa shape index (κ1) is 11.9. The summed E-state index contributed by atoms with van der Waals surface area (Å²) < 4.78 is 2.14. The van der Waals surface area contributed by atoms with Crippen LogP contribution in [0.5, 0.6) is 0 Å². The molecular weight excluding hydrogens is 240 g/mol. The Kier molecular flexibility index (Phi) is 3.00. The van der Waals surface area contributed by atoms with Gasteiger partial charge in [0.15, 0.2) is 0 Å². The van der Waals surface area contributed by atoms with Crippen molar-refractivity contribution in [3.05, 3.63) is 42.5 Å². The molecule has 3 aromatic rings. The van der Waals surface area contributed by atoms with Crippen molar-refractivity contribution >= 4 is 11.0 Å². The van der Waals surface area contributed by atoms with Crippen LogP contribution in [0, 0.1) is 0 Å². The summed E-state index contributed by atoms with van der Waals surface area (Å²) in [6, 6.07) is 1.81. The van der Waals surface area contributed by atoms with Gasteiger partial charge in [-0.15, -0.1) is 0 Å². The van der Waals surface area contributed by atoms with Gasteiger partial charge < -0.3 is 15.3 Å². The number of hydrogen-bond acceptors (Lipinski definition) is 4. The van der Waals surface area contributed by atoms with Crippen LogP contribution in [0.25, 0.3) is 11.0 Å². The van der Waals surface area contributed by atoms with Gasteiger partial charge in [0.25, 0.3) is 0 Å². The summed E-state index contributed by atoms with van der Waals surface area (Å²) in [5.74, 6) is 0.889. The number of nitrogens with one attached hydrogen (secondary N) is 1. The number of aromatic nitrogens is 5. The van der Waals surface area contributed by atoms with Crippen LogP contribution in [-0.4, -0.2) is 24.5 Å². The molecule has 1 atom stereocenters. The minimum Gasteiger partial charge on any atom is -0.348 e. The molecule has 0 bridgehead atoms. The first-order valence-corrected chi connectivity index (χ1v) is 6.32. The molecule has 19 heavy (non-hydrogen) atoms. The van der Waals surface area contributed by atoms with Gasteiger partial charge in [0.05, 0.1) is 24.1 Å². The van der Waals surface area contributed by atoms with Crippen molar-refractivity contribution in [2.45, 2.75) is 25.9 Å². The predicted molar refractivity (Wildman–Crippen MR) is 72.4 cm³/mol. The molecule has 6 nitrogen and oxygen atoms in total. The highest BCUT2D eigenvalue weighted by Crippen LogP contribution is 2.20. The summed E-state index contributed by atoms with van der Waals surface area (Å²) >= 11 is 0. The van der Waals surface area contributed by atoms with Crippen LogP contribution < -0.4 is 5.73 Å². The molecule has 3 heterocycles. The summed E-state index contributed by atoms with van der Waals surface area (Å²) in [6.07, 6.45) is 7.69. The van der Waals surface area contributed by atoms with Crippen LogP contribution in [0.3, 0.4) is 0 Å². The molecule has 3 N–H and O–H groups in total. The second kappa shape index (κ2) is 4.81. The molecule has 0 fully saturated rings.